The van der Waals surface area contributed by atoms with Gasteiger partial charge in [0.2, 0.25) is 11.8 Å². The molecule has 3 amide bonds. The van der Waals surface area contributed by atoms with E-state index in [4.69, 9.17) is 4.74 Å². The maximum atomic E-state index is 14.6. The molecule has 0 saturated carbocycles. The molecule has 2 aromatic carbocycles. The maximum absolute atomic E-state index is 14.6. The highest BCUT2D eigenvalue weighted by Gasteiger charge is 2.25. The summed E-state index contributed by atoms with van der Waals surface area (Å²) in [5, 5.41) is 8.38. The van der Waals surface area contributed by atoms with E-state index < -0.39 is 25.9 Å². The predicted octanol–water partition coefficient (Wildman–Crippen LogP) is 2.45. The Hall–Kier alpha value is -3.04. The van der Waals surface area contributed by atoms with E-state index in [0.717, 1.165) is 5.56 Å². The minimum absolute atomic E-state index is 0.263. The second kappa shape index (κ2) is 11.0. The van der Waals surface area contributed by atoms with Crippen LogP contribution in [0.15, 0.2) is 42.5 Å². The quantitative estimate of drug-likeness (QED) is 0.502. The molecule has 0 saturated heterocycles. The summed E-state index contributed by atoms with van der Waals surface area (Å²) in [5.41, 5.74) is 1.74. The number of hydrogen-bond acceptors (Lipinski definition) is 4. The molecule has 3 N–H and O–H groups in total. The van der Waals surface area contributed by atoms with Crippen molar-refractivity contribution in [3.8, 4) is 0 Å². The third-order valence-electron chi connectivity index (χ3n) is 4.73. The van der Waals surface area contributed by atoms with E-state index >= 15 is 0 Å². The van der Waals surface area contributed by atoms with Crippen LogP contribution in [0.3, 0.4) is 0 Å². The fourth-order valence-electron chi connectivity index (χ4n) is 3.11. The molecule has 2 aromatic rings. The van der Waals surface area contributed by atoms with Gasteiger partial charge in [-0.1, -0.05) is 50.0 Å². The first kappa shape index (κ1) is 25.2. The Morgan fingerprint density at radius 2 is 1.72 bits per heavy atom. The molecule has 0 heterocycles. The molecule has 0 aliphatic heterocycles. The van der Waals surface area contributed by atoms with Gasteiger partial charge >= 0.3 is 0 Å². The van der Waals surface area contributed by atoms with Crippen molar-refractivity contribution in [3.63, 3.8) is 0 Å². The van der Waals surface area contributed by atoms with Crippen molar-refractivity contribution in [3.05, 3.63) is 59.4 Å². The zero-order chi connectivity index (χ0) is 23.9. The van der Waals surface area contributed by atoms with Crippen molar-refractivity contribution in [2.45, 2.75) is 39.2 Å². The lowest BCUT2D eigenvalue weighted by atomic mass is 10.0. The number of methoxy groups -OCH3 is 1. The second-order valence-electron chi connectivity index (χ2n) is 8.52. The fraction of sp³-hybridized carbons (Fsp3) is 0.348. The Morgan fingerprint density at radius 1 is 1.06 bits per heavy atom. The van der Waals surface area contributed by atoms with Gasteiger partial charge in [-0.25, -0.2) is 4.39 Å². The number of carbonyl (C=O) groups excluding carboxylic acids is 3. The van der Waals surface area contributed by atoms with Gasteiger partial charge in [0.25, 0.3) is 5.91 Å². The Balaban J connectivity index is 2.25. The number of nitrogens with one attached hydrogen (secondary N) is 3. The highest BCUT2D eigenvalue weighted by atomic mass is 28.3. The van der Waals surface area contributed by atoms with Crippen LogP contribution in [-0.4, -0.2) is 39.4 Å². The van der Waals surface area contributed by atoms with Crippen LogP contribution in [0.2, 0.25) is 19.6 Å². The summed E-state index contributed by atoms with van der Waals surface area (Å²) in [4.78, 5) is 36.4. The minimum atomic E-state index is -1.86. The Bertz CT molecular complexity index is 974. The van der Waals surface area contributed by atoms with Crippen molar-refractivity contribution in [2.24, 2.45) is 0 Å². The average Bonchev–Trinajstić information content (AvgIpc) is 2.70. The van der Waals surface area contributed by atoms with Gasteiger partial charge < -0.3 is 20.7 Å². The second-order valence-corrected chi connectivity index (χ2v) is 13.6. The normalized spacial score (nSPS) is 12.1. The lowest BCUT2D eigenvalue weighted by Crippen LogP contribution is -2.42. The number of amides is 3. The van der Waals surface area contributed by atoms with Gasteiger partial charge in [-0.05, 0) is 28.4 Å². The topological polar surface area (TPSA) is 96.5 Å². The van der Waals surface area contributed by atoms with Gasteiger partial charge in [0.05, 0.1) is 21.2 Å². The van der Waals surface area contributed by atoms with Gasteiger partial charge in [0, 0.05) is 19.7 Å². The van der Waals surface area contributed by atoms with Crippen molar-refractivity contribution >= 4 is 36.7 Å². The summed E-state index contributed by atoms with van der Waals surface area (Å²) in [7, 11) is -0.275. The van der Waals surface area contributed by atoms with E-state index in [-0.39, 0.29) is 18.3 Å². The van der Waals surface area contributed by atoms with E-state index in [1.807, 2.05) is 19.6 Å². The van der Waals surface area contributed by atoms with Crippen LogP contribution >= 0.6 is 0 Å². The van der Waals surface area contributed by atoms with Gasteiger partial charge in [0.15, 0.2) is 0 Å². The molecule has 9 heteroatoms. The van der Waals surface area contributed by atoms with Crippen molar-refractivity contribution in [1.82, 2.24) is 10.6 Å². The molecule has 1 atom stereocenters. The number of benzene rings is 2. The van der Waals surface area contributed by atoms with Gasteiger partial charge in [-0.15, -0.1) is 0 Å². The first-order valence-electron chi connectivity index (χ1n) is 10.2. The molecule has 0 aliphatic carbocycles. The number of hydrogen-bond donors (Lipinski definition) is 3. The summed E-state index contributed by atoms with van der Waals surface area (Å²) >= 11 is 0. The largest absolute Gasteiger partial charge is 0.380 e. The number of ether oxygens (including phenoxy) is 1. The van der Waals surface area contributed by atoms with E-state index in [0.29, 0.717) is 23.0 Å². The number of halogens is 1. The number of anilines is 1. The Morgan fingerprint density at radius 3 is 2.25 bits per heavy atom. The molecule has 172 valence electrons. The van der Waals surface area contributed by atoms with Crippen LogP contribution in [0, 0.1) is 5.82 Å². The molecule has 32 heavy (non-hydrogen) atoms. The molecule has 0 unspecified atom stereocenters. The van der Waals surface area contributed by atoms with Crippen LogP contribution in [0.1, 0.15) is 24.1 Å². The summed E-state index contributed by atoms with van der Waals surface area (Å²) < 4.78 is 19.7. The van der Waals surface area contributed by atoms with Crippen LogP contribution in [0.4, 0.5) is 10.1 Å². The van der Waals surface area contributed by atoms with E-state index in [9.17, 15) is 18.8 Å². The van der Waals surface area contributed by atoms with Gasteiger partial charge in [-0.2, -0.15) is 0 Å². The first-order valence-corrected chi connectivity index (χ1v) is 13.7. The summed E-state index contributed by atoms with van der Waals surface area (Å²) in [6, 6.07) is 10.6. The van der Waals surface area contributed by atoms with E-state index in [1.165, 1.54) is 13.0 Å². The third kappa shape index (κ3) is 7.28. The highest BCUT2D eigenvalue weighted by Crippen LogP contribution is 2.19. The SMILES string of the molecule is COCc1ccc([C@@H](NC(=O)CNC(C)=O)C(=O)Nc2ccc([Si](C)(C)C)c(F)c2)cc1. The molecule has 0 fully saturated rings. The molecule has 0 bridgehead atoms. The monoisotopic (exact) mass is 459 g/mol. The smallest absolute Gasteiger partial charge is 0.251 e. The highest BCUT2D eigenvalue weighted by molar-refractivity contribution is 6.88. The summed E-state index contributed by atoms with van der Waals surface area (Å²) in [6.07, 6.45) is 0. The third-order valence-corrected chi connectivity index (χ3v) is 6.76. The molecule has 0 aromatic heterocycles. The molecule has 0 spiro atoms. The Kier molecular flexibility index (Phi) is 8.68. The van der Waals surface area contributed by atoms with Crippen LogP contribution in [0.25, 0.3) is 0 Å². The zero-order valence-electron chi connectivity index (χ0n) is 19.0. The van der Waals surface area contributed by atoms with Crippen LogP contribution in [-0.2, 0) is 25.7 Å². The standard InChI is InChI=1S/C23H30FN3O4Si/c1-15(28)25-13-21(29)27-22(17-8-6-16(7-9-17)14-31-2)23(30)26-18-10-11-20(19(24)12-18)32(3,4)5/h6-12,22H,13-14H2,1-5H3,(H,25,28)(H,26,30)(H,27,29)/t22-/m1/s1. The molecular weight excluding hydrogens is 429 g/mol. The molecule has 0 aliphatic rings. The average molecular weight is 460 g/mol. The number of rotatable bonds is 9. The van der Waals surface area contributed by atoms with Crippen molar-refractivity contribution in [2.75, 3.05) is 19.0 Å². The van der Waals surface area contributed by atoms with Gasteiger partial charge in [0.1, 0.15) is 11.9 Å². The fourth-order valence-corrected chi connectivity index (χ4v) is 4.48. The lowest BCUT2D eigenvalue weighted by molar-refractivity contribution is -0.127. The van der Waals surface area contributed by atoms with Crippen LogP contribution in [0.5, 0.6) is 0 Å². The predicted molar refractivity (Wildman–Crippen MR) is 125 cm³/mol. The van der Waals surface area contributed by atoms with Gasteiger partial charge in [-0.3, -0.25) is 14.4 Å². The summed E-state index contributed by atoms with van der Waals surface area (Å²) in [6.45, 7) is 7.56. The minimum Gasteiger partial charge on any atom is -0.380 e. The molecule has 0 radical (unpaired) electrons. The molecular formula is C23H30FN3O4Si. The maximum Gasteiger partial charge on any atom is 0.251 e. The molecule has 2 rings (SSSR count). The summed E-state index contributed by atoms with van der Waals surface area (Å²) in [5.74, 6) is -1.78. The van der Waals surface area contributed by atoms with Crippen molar-refractivity contribution in [1.29, 1.82) is 0 Å². The first-order chi connectivity index (χ1) is 15.0. The van der Waals surface area contributed by atoms with E-state index in [1.54, 1.807) is 43.5 Å². The lowest BCUT2D eigenvalue weighted by Gasteiger charge is -2.21. The number of carbonyl (C=O) groups is 3. The zero-order valence-corrected chi connectivity index (χ0v) is 20.0. The Labute approximate surface area is 188 Å². The molecule has 7 nitrogen and oxygen atoms in total. The van der Waals surface area contributed by atoms with E-state index in [2.05, 4.69) is 16.0 Å². The van der Waals surface area contributed by atoms with Crippen LogP contribution < -0.4 is 21.1 Å². The van der Waals surface area contributed by atoms with Crippen molar-refractivity contribution < 1.29 is 23.5 Å².